The first-order valence-electron chi connectivity index (χ1n) is 25.6. The van der Waals surface area contributed by atoms with Crippen LogP contribution in [-0.2, 0) is 14.4 Å². The molecule has 4 aromatic carbocycles. The molecule has 3 aliphatic rings. The number of carbonyl (C=O) groups is 4. The number of rotatable bonds is 17. The molecule has 2 aromatic heterocycles. The highest BCUT2D eigenvalue weighted by atomic mass is 35.5. The number of nitrogens with one attached hydrogen (secondary N) is 3. The van der Waals surface area contributed by atoms with Crippen molar-refractivity contribution >= 4 is 80.1 Å². The molecule has 4 heterocycles. The lowest BCUT2D eigenvalue weighted by Crippen LogP contribution is -2.55. The van der Waals surface area contributed by atoms with E-state index in [-0.39, 0.29) is 96.3 Å². The molecule has 3 atom stereocenters. The lowest BCUT2D eigenvalue weighted by Gasteiger charge is -2.35. The quantitative estimate of drug-likeness (QED) is 0.0587. The van der Waals surface area contributed by atoms with E-state index in [1.54, 1.807) is 37.3 Å². The van der Waals surface area contributed by atoms with Crippen molar-refractivity contribution in [3.63, 3.8) is 0 Å². The number of likely N-dealkylation sites (tertiary alicyclic amines) is 1. The molecule has 1 aliphatic carbocycles. The van der Waals surface area contributed by atoms with E-state index in [1.165, 1.54) is 23.1 Å². The molecule has 6 N–H and O–H groups in total. The summed E-state index contributed by atoms with van der Waals surface area (Å²) in [5, 5.41) is 24.5. The molecule has 2 aliphatic heterocycles. The molecule has 21 heteroatoms. The number of anilines is 2. The molecular formula is C54H62ClF2N11O6S. The van der Waals surface area contributed by atoms with Crippen molar-refractivity contribution in [2.75, 3.05) is 76.7 Å². The Morgan fingerprint density at radius 2 is 1.68 bits per heavy atom. The Labute approximate surface area is 442 Å². The smallest absolute Gasteiger partial charge is 0.314 e. The van der Waals surface area contributed by atoms with E-state index in [2.05, 4.69) is 20.9 Å². The average Bonchev–Trinajstić information content (AvgIpc) is 4.12. The summed E-state index contributed by atoms with van der Waals surface area (Å²) < 4.78 is 38.0. The van der Waals surface area contributed by atoms with Crippen LogP contribution in [0.5, 0.6) is 11.5 Å². The van der Waals surface area contributed by atoms with Crippen molar-refractivity contribution in [2.24, 2.45) is 11.7 Å². The summed E-state index contributed by atoms with van der Waals surface area (Å²) in [6.07, 6.45) is 6.75. The molecule has 5 amide bonds. The third-order valence-electron chi connectivity index (χ3n) is 14.7. The van der Waals surface area contributed by atoms with Crippen LogP contribution in [0.3, 0.4) is 0 Å². The number of carbonyl (C=O) groups excluding carboxylic acids is 4. The van der Waals surface area contributed by atoms with Gasteiger partial charge in [-0.2, -0.15) is 4.98 Å². The normalized spacial score (nSPS) is 17.0. The number of urea groups is 1. The first-order valence-corrected chi connectivity index (χ1v) is 26.8. The Hall–Kier alpha value is -6.90. The van der Waals surface area contributed by atoms with Crippen molar-refractivity contribution in [2.45, 2.75) is 76.4 Å². The number of hydrogen-bond donors (Lipinski definition) is 5. The molecule has 396 valence electrons. The lowest BCUT2D eigenvalue weighted by atomic mass is 9.83. The minimum absolute atomic E-state index is 0.00124. The lowest BCUT2D eigenvalue weighted by molar-refractivity contribution is -0.139. The predicted molar refractivity (Wildman–Crippen MR) is 287 cm³/mol. The number of phenolic OH excluding ortho intramolecular Hbond substituents is 1. The Kier molecular flexibility index (Phi) is 16.5. The zero-order valence-electron chi connectivity index (χ0n) is 42.2. The summed E-state index contributed by atoms with van der Waals surface area (Å²) in [5.74, 6) is -1.71. The zero-order valence-corrected chi connectivity index (χ0v) is 43.8. The maximum Gasteiger partial charge on any atom is 0.314 e. The highest BCUT2D eigenvalue weighted by Gasteiger charge is 2.40. The van der Waals surface area contributed by atoms with Gasteiger partial charge in [0.05, 0.1) is 34.9 Å². The molecule has 2 saturated heterocycles. The van der Waals surface area contributed by atoms with Gasteiger partial charge in [0.15, 0.2) is 5.82 Å². The van der Waals surface area contributed by atoms with Gasteiger partial charge in [-0.3, -0.25) is 14.4 Å². The number of primary amides is 1. The van der Waals surface area contributed by atoms with Gasteiger partial charge in [0.1, 0.15) is 46.3 Å². The van der Waals surface area contributed by atoms with Gasteiger partial charge in [0.2, 0.25) is 23.7 Å². The number of hydrogen-bond acceptors (Lipinski definition) is 13. The van der Waals surface area contributed by atoms with E-state index in [1.807, 2.05) is 51.6 Å². The standard InChI is InChI=1S/C54H62ClF2N11O6S/c1-31(59-2)50(71)62-47(32-11-5-4-6-12-32)52(72)68-22-10-16-40(68)51-61-39(30-75-51)34-18-19-42(35-14-8-7-13-33(34)35)74-28-27-65(3)43(70)20-21-60-54-63-48-36(49(64-54)66-23-25-67(26-24-66)53(58)73)29-37(55)44(46(48)57)45-38(56)15-9-17-41(45)69/h7-9,13-15,17-19,29-32,40,47,59,69H,4-6,10-12,16,20-28H2,1-3H3,(H2,58,73)(H,62,71)(H,60,63,64)/t31-,40-,47-/m0/s1. The Bertz CT molecular complexity index is 3080. The molecule has 17 nitrogen and oxygen atoms in total. The van der Waals surface area contributed by atoms with E-state index >= 15 is 8.78 Å². The number of nitrogens with two attached hydrogens (primary N) is 1. The largest absolute Gasteiger partial charge is 0.507 e. The summed E-state index contributed by atoms with van der Waals surface area (Å²) in [6.45, 7) is 4.16. The third kappa shape index (κ3) is 11.4. The molecule has 0 radical (unpaired) electrons. The number of ether oxygens (including phenoxy) is 1. The number of likely N-dealkylation sites (N-methyl/N-ethyl adjacent to an activating group) is 2. The zero-order chi connectivity index (χ0) is 52.9. The van der Waals surface area contributed by atoms with Crippen LogP contribution in [0.1, 0.15) is 69.3 Å². The van der Waals surface area contributed by atoms with E-state index < -0.39 is 41.1 Å². The summed E-state index contributed by atoms with van der Waals surface area (Å²) in [7, 11) is 3.42. The van der Waals surface area contributed by atoms with Gasteiger partial charge < -0.3 is 51.1 Å². The van der Waals surface area contributed by atoms with Crippen LogP contribution in [0.15, 0.2) is 66.0 Å². The van der Waals surface area contributed by atoms with Gasteiger partial charge in [-0.25, -0.2) is 23.5 Å². The van der Waals surface area contributed by atoms with Crippen molar-refractivity contribution in [1.29, 1.82) is 0 Å². The highest BCUT2D eigenvalue weighted by molar-refractivity contribution is 7.10. The van der Waals surface area contributed by atoms with E-state index in [9.17, 15) is 24.3 Å². The van der Waals surface area contributed by atoms with Crippen molar-refractivity contribution in [3.8, 4) is 33.9 Å². The molecule has 75 heavy (non-hydrogen) atoms. The first-order chi connectivity index (χ1) is 36.2. The topological polar surface area (TPSA) is 211 Å². The van der Waals surface area contributed by atoms with Crippen LogP contribution in [-0.4, -0.2) is 137 Å². The monoisotopic (exact) mass is 1070 g/mol. The third-order valence-corrected chi connectivity index (χ3v) is 16.0. The molecule has 6 aromatic rings. The Balaban J connectivity index is 0.848. The van der Waals surface area contributed by atoms with Crippen LogP contribution in [0, 0.1) is 17.6 Å². The van der Waals surface area contributed by atoms with Gasteiger partial charge >= 0.3 is 6.03 Å². The van der Waals surface area contributed by atoms with Gasteiger partial charge in [0, 0.05) is 80.0 Å². The second kappa shape index (κ2) is 23.3. The predicted octanol–water partition coefficient (Wildman–Crippen LogP) is 8.09. The van der Waals surface area contributed by atoms with Crippen LogP contribution < -0.4 is 31.3 Å². The number of benzene rings is 4. The number of halogens is 3. The number of phenols is 1. The van der Waals surface area contributed by atoms with Gasteiger partial charge in [-0.15, -0.1) is 11.3 Å². The van der Waals surface area contributed by atoms with Crippen molar-refractivity contribution in [1.82, 2.24) is 40.3 Å². The second-order valence-electron chi connectivity index (χ2n) is 19.4. The first kappa shape index (κ1) is 52.9. The summed E-state index contributed by atoms with van der Waals surface area (Å²) in [6, 6.07) is 15.1. The summed E-state index contributed by atoms with van der Waals surface area (Å²) in [5.41, 5.74) is 6.27. The second-order valence-corrected chi connectivity index (χ2v) is 20.7. The van der Waals surface area contributed by atoms with Gasteiger partial charge in [0.25, 0.3) is 0 Å². The number of aromatic nitrogens is 3. The number of thiazole rings is 1. The van der Waals surface area contributed by atoms with Crippen LogP contribution in [0.25, 0.3) is 44.1 Å². The molecule has 3 fully saturated rings. The van der Waals surface area contributed by atoms with E-state index in [4.69, 9.17) is 32.0 Å². The number of piperazine rings is 1. The van der Waals surface area contributed by atoms with Crippen molar-refractivity contribution < 1.29 is 37.8 Å². The molecule has 0 unspecified atom stereocenters. The fourth-order valence-corrected chi connectivity index (χ4v) is 11.7. The fraction of sp³-hybridized carbons (Fsp3) is 0.426. The maximum atomic E-state index is 16.6. The summed E-state index contributed by atoms with van der Waals surface area (Å²) >= 11 is 8.14. The SMILES string of the molecule is CN[C@@H](C)C(=O)N[C@H](C(=O)N1CCC[C@H]1c1nc(-c2ccc(OCCN(C)C(=O)CCNc3nc(N4CCN(C(N)=O)CC4)c4cc(Cl)c(-c5c(O)cccc5F)c(F)c4n3)c3ccccc23)cs1)C1CCCCC1. The van der Waals surface area contributed by atoms with Crippen LogP contribution in [0.4, 0.5) is 25.3 Å². The van der Waals surface area contributed by atoms with Gasteiger partial charge in [-0.1, -0.05) is 61.2 Å². The van der Waals surface area contributed by atoms with E-state index in [0.29, 0.717) is 31.2 Å². The number of aromatic hydroxyl groups is 1. The van der Waals surface area contributed by atoms with Crippen molar-refractivity contribution in [3.05, 3.63) is 87.7 Å². The number of amides is 5. The Morgan fingerprint density at radius 3 is 2.41 bits per heavy atom. The fourth-order valence-electron chi connectivity index (χ4n) is 10.4. The molecule has 9 rings (SSSR count). The molecule has 1 saturated carbocycles. The van der Waals surface area contributed by atoms with E-state index in [0.717, 1.165) is 78.0 Å². The van der Waals surface area contributed by atoms with Crippen LogP contribution in [0.2, 0.25) is 5.02 Å². The minimum atomic E-state index is -0.973. The van der Waals surface area contributed by atoms with Crippen LogP contribution >= 0.6 is 22.9 Å². The Morgan fingerprint density at radius 1 is 0.920 bits per heavy atom. The molecular weight excluding hydrogens is 1000 g/mol. The summed E-state index contributed by atoms with van der Waals surface area (Å²) in [4.78, 5) is 74.0. The molecule has 0 spiro atoms. The number of nitrogens with zero attached hydrogens (tertiary/aromatic N) is 7. The maximum absolute atomic E-state index is 16.6. The molecule has 0 bridgehead atoms. The highest BCUT2D eigenvalue weighted by Crippen LogP contribution is 2.44. The average molecular weight is 1070 g/mol. The minimum Gasteiger partial charge on any atom is -0.507 e. The number of fused-ring (bicyclic) bond motifs is 2. The van der Waals surface area contributed by atoms with Gasteiger partial charge in [-0.05, 0) is 81.3 Å².